The van der Waals surface area contributed by atoms with Gasteiger partial charge in [-0.3, -0.25) is 14.5 Å². The minimum Gasteiger partial charge on any atom is -0.454 e. The Morgan fingerprint density at radius 2 is 1.88 bits per heavy atom. The first-order valence-electron chi connectivity index (χ1n) is 10.5. The summed E-state index contributed by atoms with van der Waals surface area (Å²) in [5, 5.41) is 9.96. The molecule has 1 aliphatic heterocycles. The molecule has 1 aromatic heterocycles. The molecule has 0 saturated heterocycles. The Kier molecular flexibility index (Phi) is 5.79. The molecule has 8 heteroatoms. The highest BCUT2D eigenvalue weighted by Crippen LogP contribution is 2.34. The molecule has 3 aromatic rings. The first-order valence-corrected chi connectivity index (χ1v) is 11.4. The van der Waals surface area contributed by atoms with E-state index in [-0.39, 0.29) is 18.6 Å². The number of carbonyl (C=O) groups is 2. The third-order valence-corrected chi connectivity index (χ3v) is 6.18. The number of benzene rings is 2. The van der Waals surface area contributed by atoms with Gasteiger partial charge in [-0.1, -0.05) is 12.1 Å². The molecular weight excluding hydrogens is 426 g/mol. The average Bonchev–Trinajstić information content (AvgIpc) is 3.31. The Hall–Kier alpha value is -3.36. The molecule has 2 heterocycles. The third-order valence-electron chi connectivity index (χ3n) is 5.45. The van der Waals surface area contributed by atoms with Crippen LogP contribution in [0.25, 0.3) is 0 Å². The normalized spacial score (nSPS) is 14.4. The molecule has 7 nitrogen and oxygen atoms in total. The van der Waals surface area contributed by atoms with E-state index in [1.165, 1.54) is 5.56 Å². The Morgan fingerprint density at radius 3 is 2.69 bits per heavy atom. The largest absolute Gasteiger partial charge is 0.454 e. The number of rotatable bonds is 8. The fraction of sp³-hybridized carbons (Fsp3) is 0.250. The number of anilines is 2. The standard InChI is InChI=1S/C24H23N3O4S/c28-23(13-27(18-6-7-18)12-16-9-10-32-14-16)26-20-4-2-1-3-19(20)24(29)25-17-5-8-21-22(11-17)31-15-30-21/h1-5,8-11,14,18H,6-7,12-13,15H2,(H,25,29)(H,26,28). The van der Waals surface area contributed by atoms with Gasteiger partial charge >= 0.3 is 0 Å². The van der Waals surface area contributed by atoms with Crippen LogP contribution < -0.4 is 20.1 Å². The van der Waals surface area contributed by atoms with Crippen molar-refractivity contribution in [2.24, 2.45) is 0 Å². The van der Waals surface area contributed by atoms with Gasteiger partial charge in [-0.25, -0.2) is 0 Å². The second kappa shape index (κ2) is 9.02. The summed E-state index contributed by atoms with van der Waals surface area (Å²) in [6.07, 6.45) is 2.23. The van der Waals surface area contributed by atoms with Crippen molar-refractivity contribution in [3.05, 3.63) is 70.4 Å². The minimum atomic E-state index is -0.308. The lowest BCUT2D eigenvalue weighted by Crippen LogP contribution is -2.34. The summed E-state index contributed by atoms with van der Waals surface area (Å²) in [5.74, 6) is 0.807. The van der Waals surface area contributed by atoms with Crippen LogP contribution in [-0.2, 0) is 11.3 Å². The topological polar surface area (TPSA) is 79.9 Å². The van der Waals surface area contributed by atoms with E-state index in [1.807, 2.05) is 0 Å². The number of para-hydroxylation sites is 1. The number of nitrogens with zero attached hydrogens (tertiary/aromatic N) is 1. The predicted molar refractivity (Wildman–Crippen MR) is 123 cm³/mol. The molecule has 1 saturated carbocycles. The number of hydrogen-bond acceptors (Lipinski definition) is 6. The van der Waals surface area contributed by atoms with Gasteiger partial charge in [-0.15, -0.1) is 0 Å². The van der Waals surface area contributed by atoms with E-state index < -0.39 is 0 Å². The number of hydrogen-bond donors (Lipinski definition) is 2. The molecule has 5 rings (SSSR count). The van der Waals surface area contributed by atoms with E-state index in [9.17, 15) is 9.59 Å². The van der Waals surface area contributed by atoms with Crippen LogP contribution in [0.5, 0.6) is 11.5 Å². The smallest absolute Gasteiger partial charge is 0.257 e. The van der Waals surface area contributed by atoms with E-state index in [0.29, 0.717) is 41.0 Å². The first-order chi connectivity index (χ1) is 15.7. The summed E-state index contributed by atoms with van der Waals surface area (Å²) in [6.45, 7) is 1.22. The molecule has 0 spiro atoms. The maximum atomic E-state index is 12.9. The lowest BCUT2D eigenvalue weighted by Gasteiger charge is -2.21. The monoisotopic (exact) mass is 449 g/mol. The van der Waals surface area contributed by atoms with Crippen molar-refractivity contribution in [1.29, 1.82) is 0 Å². The fourth-order valence-electron chi connectivity index (χ4n) is 3.71. The summed E-state index contributed by atoms with van der Waals surface area (Å²) in [4.78, 5) is 28.0. The summed E-state index contributed by atoms with van der Waals surface area (Å²) >= 11 is 1.66. The highest BCUT2D eigenvalue weighted by Gasteiger charge is 2.30. The van der Waals surface area contributed by atoms with Crippen molar-refractivity contribution in [2.45, 2.75) is 25.4 Å². The molecule has 2 aliphatic rings. The van der Waals surface area contributed by atoms with E-state index in [4.69, 9.17) is 9.47 Å². The first kappa shape index (κ1) is 20.5. The van der Waals surface area contributed by atoms with Crippen LogP contribution in [0, 0.1) is 0 Å². The lowest BCUT2D eigenvalue weighted by molar-refractivity contribution is -0.117. The van der Waals surface area contributed by atoms with Crippen LogP contribution in [0.15, 0.2) is 59.3 Å². The van der Waals surface area contributed by atoms with E-state index >= 15 is 0 Å². The molecule has 1 fully saturated rings. The Labute approximate surface area is 190 Å². The SMILES string of the molecule is O=C(CN(Cc1ccsc1)C1CC1)Nc1ccccc1C(=O)Nc1ccc2c(c1)OCO2. The van der Waals surface area contributed by atoms with Gasteiger partial charge in [0.15, 0.2) is 11.5 Å². The molecular formula is C24H23N3O4S. The second-order valence-electron chi connectivity index (χ2n) is 7.88. The number of thiophene rings is 1. The van der Waals surface area contributed by atoms with Crippen LogP contribution in [-0.4, -0.2) is 36.1 Å². The van der Waals surface area contributed by atoms with Crippen molar-refractivity contribution >= 4 is 34.5 Å². The number of ether oxygens (including phenoxy) is 2. The van der Waals surface area contributed by atoms with Gasteiger partial charge in [0.25, 0.3) is 5.91 Å². The van der Waals surface area contributed by atoms with Crippen LogP contribution in [0.2, 0.25) is 0 Å². The molecule has 0 radical (unpaired) electrons. The zero-order chi connectivity index (χ0) is 21.9. The number of amides is 2. The highest BCUT2D eigenvalue weighted by atomic mass is 32.1. The van der Waals surface area contributed by atoms with Gasteiger partial charge in [-0.2, -0.15) is 11.3 Å². The predicted octanol–water partition coefficient (Wildman–Crippen LogP) is 4.33. The average molecular weight is 450 g/mol. The van der Waals surface area contributed by atoms with Crippen molar-refractivity contribution in [2.75, 3.05) is 24.0 Å². The summed E-state index contributed by atoms with van der Waals surface area (Å²) in [5.41, 5.74) is 2.70. The Morgan fingerprint density at radius 1 is 1.03 bits per heavy atom. The molecule has 2 aromatic carbocycles. The zero-order valence-electron chi connectivity index (χ0n) is 17.4. The molecule has 164 valence electrons. The van der Waals surface area contributed by atoms with Crippen molar-refractivity contribution in [1.82, 2.24) is 4.90 Å². The third kappa shape index (κ3) is 4.76. The van der Waals surface area contributed by atoms with E-state index in [2.05, 4.69) is 32.4 Å². The van der Waals surface area contributed by atoms with Crippen LogP contribution in [0.3, 0.4) is 0 Å². The number of fused-ring (bicyclic) bond motifs is 1. The van der Waals surface area contributed by atoms with Gasteiger partial charge in [0.05, 0.1) is 17.8 Å². The second-order valence-corrected chi connectivity index (χ2v) is 8.66. The maximum Gasteiger partial charge on any atom is 0.257 e. The Balaban J connectivity index is 1.25. The van der Waals surface area contributed by atoms with Crippen LogP contribution in [0.1, 0.15) is 28.8 Å². The van der Waals surface area contributed by atoms with Crippen LogP contribution in [0.4, 0.5) is 11.4 Å². The number of nitrogens with one attached hydrogen (secondary N) is 2. The highest BCUT2D eigenvalue weighted by molar-refractivity contribution is 7.07. The molecule has 0 bridgehead atoms. The minimum absolute atomic E-state index is 0.129. The van der Waals surface area contributed by atoms with Crippen LogP contribution >= 0.6 is 11.3 Å². The van der Waals surface area contributed by atoms with Gasteiger partial charge < -0.3 is 20.1 Å². The van der Waals surface area contributed by atoms with E-state index in [0.717, 1.165) is 19.4 Å². The molecule has 0 unspecified atom stereocenters. The summed E-state index contributed by atoms with van der Waals surface area (Å²) in [7, 11) is 0. The van der Waals surface area contributed by atoms with Gasteiger partial charge in [0, 0.05) is 24.3 Å². The lowest BCUT2D eigenvalue weighted by atomic mass is 10.1. The quantitative estimate of drug-likeness (QED) is 0.535. The van der Waals surface area contributed by atoms with Gasteiger partial charge in [-0.05, 0) is 59.5 Å². The summed E-state index contributed by atoms with van der Waals surface area (Å²) < 4.78 is 10.7. The fourth-order valence-corrected chi connectivity index (χ4v) is 4.37. The van der Waals surface area contributed by atoms with Gasteiger partial charge in [0.1, 0.15) is 0 Å². The molecule has 1 aliphatic carbocycles. The molecule has 32 heavy (non-hydrogen) atoms. The summed E-state index contributed by atoms with van der Waals surface area (Å²) in [6, 6.07) is 14.8. The van der Waals surface area contributed by atoms with Crippen molar-refractivity contribution in [3.8, 4) is 11.5 Å². The van der Waals surface area contributed by atoms with E-state index in [1.54, 1.807) is 53.8 Å². The van der Waals surface area contributed by atoms with Gasteiger partial charge in [0.2, 0.25) is 12.7 Å². The van der Waals surface area contributed by atoms with Crippen molar-refractivity contribution < 1.29 is 19.1 Å². The molecule has 0 atom stereocenters. The molecule has 2 N–H and O–H groups in total. The van der Waals surface area contributed by atoms with Crippen molar-refractivity contribution in [3.63, 3.8) is 0 Å². The molecule has 2 amide bonds. The number of carbonyl (C=O) groups excluding carboxylic acids is 2. The maximum absolute atomic E-state index is 12.9. The zero-order valence-corrected chi connectivity index (χ0v) is 18.2. The Bertz CT molecular complexity index is 1130.